The highest BCUT2D eigenvalue weighted by atomic mass is 16.5. The Labute approximate surface area is 65.0 Å². The molecule has 0 aromatic heterocycles. The molecule has 1 N–H and O–H groups in total. The molecule has 1 aliphatic heterocycles. The molecule has 0 aromatic rings. The summed E-state index contributed by atoms with van der Waals surface area (Å²) in [5.74, 6) is 0.753. The highest BCUT2D eigenvalue weighted by molar-refractivity contribution is 5.84. The average Bonchev–Trinajstić information content (AvgIpc) is 2.03. The Kier molecular flexibility index (Phi) is 2.85. The first kappa shape index (κ1) is 8.00. The third kappa shape index (κ3) is 2.19. The molecule has 0 aromatic carbocycles. The number of hydrogen-bond acceptors (Lipinski definition) is 3. The fraction of sp³-hybridized carbons (Fsp3) is 0.667. The van der Waals surface area contributed by atoms with Crippen LogP contribution in [0.15, 0.2) is 5.10 Å². The maximum absolute atomic E-state index is 9.88. The van der Waals surface area contributed by atoms with Crippen molar-refractivity contribution < 1.29 is 9.53 Å². The van der Waals surface area contributed by atoms with Crippen molar-refractivity contribution in [2.75, 3.05) is 26.8 Å². The van der Waals surface area contributed by atoms with Gasteiger partial charge in [-0.15, -0.1) is 0 Å². The number of nitrogens with one attached hydrogen (secondary N) is 1. The molecule has 0 radical (unpaired) electrons. The Balaban J connectivity index is 2.46. The summed E-state index contributed by atoms with van der Waals surface area (Å²) in [5, 5.41) is 3.78. The van der Waals surface area contributed by atoms with Crippen molar-refractivity contribution in [3.8, 4) is 0 Å². The van der Waals surface area contributed by atoms with Crippen LogP contribution in [-0.2, 0) is 9.53 Å². The van der Waals surface area contributed by atoms with Gasteiger partial charge in [-0.05, 0) is 0 Å². The van der Waals surface area contributed by atoms with Crippen LogP contribution >= 0.6 is 0 Å². The molecule has 1 heterocycles. The van der Waals surface area contributed by atoms with Crippen LogP contribution in [-0.4, -0.2) is 44.0 Å². The highest BCUT2D eigenvalue weighted by Crippen LogP contribution is 1.95. The zero-order valence-electron chi connectivity index (χ0n) is 6.41. The summed E-state index contributed by atoms with van der Waals surface area (Å²) < 4.78 is 5.12. The number of carbonyl (C=O) groups is 1. The van der Waals surface area contributed by atoms with E-state index in [0.717, 1.165) is 19.0 Å². The lowest BCUT2D eigenvalue weighted by molar-refractivity contribution is -0.109. The van der Waals surface area contributed by atoms with Crippen molar-refractivity contribution in [1.82, 2.24) is 10.3 Å². The summed E-state index contributed by atoms with van der Waals surface area (Å²) >= 11 is 0. The minimum atomic E-state index is 0.470. The van der Waals surface area contributed by atoms with Gasteiger partial charge in [0.2, 0.25) is 6.41 Å². The van der Waals surface area contributed by atoms with Crippen LogP contribution in [0.2, 0.25) is 0 Å². The summed E-state index contributed by atoms with van der Waals surface area (Å²) in [6, 6.07) is 0. The van der Waals surface area contributed by atoms with Crippen LogP contribution in [0.25, 0.3) is 0 Å². The maximum Gasteiger partial charge on any atom is 0.227 e. The van der Waals surface area contributed by atoms with Crippen LogP contribution in [0.1, 0.15) is 0 Å². The first-order chi connectivity index (χ1) is 5.34. The van der Waals surface area contributed by atoms with Gasteiger partial charge in [-0.25, -0.2) is 5.43 Å². The molecule has 0 unspecified atom stereocenters. The van der Waals surface area contributed by atoms with Gasteiger partial charge in [-0.3, -0.25) is 4.79 Å². The van der Waals surface area contributed by atoms with Crippen LogP contribution in [0.4, 0.5) is 0 Å². The summed E-state index contributed by atoms with van der Waals surface area (Å²) in [7, 11) is 1.91. The molecule has 1 aliphatic rings. The number of ether oxygens (including phenoxy) is 1. The Bertz CT molecular complexity index is 169. The van der Waals surface area contributed by atoms with Gasteiger partial charge < -0.3 is 9.64 Å². The van der Waals surface area contributed by atoms with Crippen LogP contribution in [0.3, 0.4) is 0 Å². The third-order valence-corrected chi connectivity index (χ3v) is 1.49. The Morgan fingerprint density at radius 2 is 2.64 bits per heavy atom. The topological polar surface area (TPSA) is 53.9 Å². The van der Waals surface area contributed by atoms with Gasteiger partial charge >= 0.3 is 0 Å². The smallest absolute Gasteiger partial charge is 0.227 e. The summed E-state index contributed by atoms with van der Waals surface area (Å²) in [4.78, 5) is 11.8. The van der Waals surface area contributed by atoms with Crippen molar-refractivity contribution >= 4 is 12.2 Å². The van der Waals surface area contributed by atoms with Crippen LogP contribution in [0, 0.1) is 0 Å². The molecule has 0 saturated carbocycles. The molecular formula is C6H11N3O2. The SMILES string of the molecule is CN1CCOC/C1=N/NC=O. The molecule has 5 heteroatoms. The zero-order chi connectivity index (χ0) is 8.10. The second-order valence-corrected chi connectivity index (χ2v) is 2.25. The van der Waals surface area contributed by atoms with E-state index in [2.05, 4.69) is 10.5 Å². The van der Waals surface area contributed by atoms with Gasteiger partial charge in [-0.1, -0.05) is 0 Å². The van der Waals surface area contributed by atoms with Gasteiger partial charge in [-0.2, -0.15) is 5.10 Å². The molecular weight excluding hydrogens is 146 g/mol. The first-order valence-corrected chi connectivity index (χ1v) is 3.39. The number of amidine groups is 1. The summed E-state index contributed by atoms with van der Waals surface area (Å²) in [6.07, 6.45) is 0.537. The lowest BCUT2D eigenvalue weighted by Gasteiger charge is -2.25. The second-order valence-electron chi connectivity index (χ2n) is 2.25. The summed E-state index contributed by atoms with van der Waals surface area (Å²) in [5.41, 5.74) is 2.23. The monoisotopic (exact) mass is 157 g/mol. The van der Waals surface area contributed by atoms with Gasteiger partial charge in [0, 0.05) is 13.6 Å². The van der Waals surface area contributed by atoms with Crippen molar-refractivity contribution in [1.29, 1.82) is 0 Å². The minimum Gasteiger partial charge on any atom is -0.372 e. The number of morpholine rings is 1. The highest BCUT2D eigenvalue weighted by Gasteiger charge is 2.11. The number of amides is 1. The fourth-order valence-corrected chi connectivity index (χ4v) is 0.823. The van der Waals surface area contributed by atoms with Crippen molar-refractivity contribution in [2.45, 2.75) is 0 Å². The van der Waals surface area contributed by atoms with Gasteiger partial charge in [0.25, 0.3) is 0 Å². The number of carbonyl (C=O) groups excluding carboxylic acids is 1. The van der Waals surface area contributed by atoms with E-state index < -0.39 is 0 Å². The van der Waals surface area contributed by atoms with Gasteiger partial charge in [0.05, 0.1) is 6.61 Å². The maximum atomic E-state index is 9.88. The number of rotatable bonds is 2. The molecule has 11 heavy (non-hydrogen) atoms. The molecule has 1 rings (SSSR count). The van der Waals surface area contributed by atoms with E-state index in [1.165, 1.54) is 0 Å². The second kappa shape index (κ2) is 3.92. The largest absolute Gasteiger partial charge is 0.372 e. The van der Waals surface area contributed by atoms with Crippen molar-refractivity contribution in [2.24, 2.45) is 5.10 Å². The quantitative estimate of drug-likeness (QED) is 0.413. The van der Waals surface area contributed by atoms with Crippen molar-refractivity contribution in [3.05, 3.63) is 0 Å². The normalized spacial score (nSPS) is 21.9. The molecule has 1 amide bonds. The minimum absolute atomic E-state index is 0.470. The Morgan fingerprint density at radius 1 is 1.82 bits per heavy atom. The first-order valence-electron chi connectivity index (χ1n) is 3.39. The lowest BCUT2D eigenvalue weighted by Crippen LogP contribution is -2.39. The van der Waals surface area contributed by atoms with E-state index in [0.29, 0.717) is 13.0 Å². The molecule has 0 atom stereocenters. The number of nitrogens with zero attached hydrogens (tertiary/aromatic N) is 2. The molecule has 1 fully saturated rings. The van der Waals surface area contributed by atoms with E-state index in [1.54, 1.807) is 0 Å². The number of hydrogen-bond donors (Lipinski definition) is 1. The number of hydrazone groups is 1. The van der Waals surface area contributed by atoms with Crippen LogP contribution in [0.5, 0.6) is 0 Å². The van der Waals surface area contributed by atoms with E-state index in [9.17, 15) is 4.79 Å². The molecule has 1 saturated heterocycles. The Morgan fingerprint density at radius 3 is 3.27 bits per heavy atom. The number of likely N-dealkylation sites (N-methyl/N-ethyl adjacent to an activating group) is 1. The van der Waals surface area contributed by atoms with Gasteiger partial charge in [0.1, 0.15) is 6.61 Å². The standard InChI is InChI=1S/C6H11N3O2/c1-9-2-3-11-4-6(9)8-7-5-10/h5H,2-4H2,1H3,(H,7,10)/b8-6-. The van der Waals surface area contributed by atoms with Crippen molar-refractivity contribution in [3.63, 3.8) is 0 Å². The van der Waals surface area contributed by atoms with E-state index >= 15 is 0 Å². The van der Waals surface area contributed by atoms with E-state index in [-0.39, 0.29) is 0 Å². The molecule has 0 aliphatic carbocycles. The predicted octanol–water partition coefficient (Wildman–Crippen LogP) is -0.992. The van der Waals surface area contributed by atoms with E-state index in [1.807, 2.05) is 11.9 Å². The van der Waals surface area contributed by atoms with E-state index in [4.69, 9.17) is 4.74 Å². The Hall–Kier alpha value is -1.10. The third-order valence-electron chi connectivity index (χ3n) is 1.49. The molecule has 62 valence electrons. The molecule has 0 spiro atoms. The predicted molar refractivity (Wildman–Crippen MR) is 40.1 cm³/mol. The lowest BCUT2D eigenvalue weighted by atomic mass is 10.4. The zero-order valence-corrected chi connectivity index (χ0v) is 6.41. The fourth-order valence-electron chi connectivity index (χ4n) is 0.823. The molecule has 0 bridgehead atoms. The van der Waals surface area contributed by atoms with Crippen LogP contribution < -0.4 is 5.43 Å². The average molecular weight is 157 g/mol. The van der Waals surface area contributed by atoms with Gasteiger partial charge in [0.15, 0.2) is 5.84 Å². The summed E-state index contributed by atoms with van der Waals surface area (Å²) in [6.45, 7) is 2.01. The molecule has 5 nitrogen and oxygen atoms in total.